The molecule has 1 unspecified atom stereocenters. The molecule has 4 nitrogen and oxygen atoms in total. The summed E-state index contributed by atoms with van der Waals surface area (Å²) in [6.45, 7) is 6.93. The molecule has 6 heteroatoms. The zero-order chi connectivity index (χ0) is 15.0. The van der Waals surface area contributed by atoms with Gasteiger partial charge in [0.05, 0.1) is 6.04 Å². The van der Waals surface area contributed by atoms with E-state index in [-0.39, 0.29) is 24.4 Å². The van der Waals surface area contributed by atoms with Crippen LogP contribution in [0.1, 0.15) is 31.9 Å². The maximum absolute atomic E-state index is 11.6. The van der Waals surface area contributed by atoms with E-state index in [9.17, 15) is 4.79 Å². The number of amides is 1. The smallest absolute Gasteiger partial charge is 0.221 e. The molecule has 0 spiro atoms. The van der Waals surface area contributed by atoms with Crippen molar-refractivity contribution in [3.8, 4) is 0 Å². The Balaban J connectivity index is 0.00000400. The van der Waals surface area contributed by atoms with E-state index in [1.54, 1.807) is 0 Å². The Hall–Kier alpha value is -0.810. The minimum absolute atomic E-state index is 0. The monoisotopic (exact) mass is 333 g/mol. The van der Waals surface area contributed by atoms with E-state index in [1.807, 2.05) is 24.3 Å². The number of likely N-dealkylation sites (N-methyl/N-ethyl adjacent to an activating group) is 1. The minimum Gasteiger partial charge on any atom is -0.354 e. The second kappa shape index (κ2) is 10.9. The van der Waals surface area contributed by atoms with Crippen molar-refractivity contribution < 1.29 is 4.79 Å². The number of halogens is 2. The Labute approximate surface area is 138 Å². The van der Waals surface area contributed by atoms with Crippen molar-refractivity contribution >= 4 is 29.9 Å². The maximum Gasteiger partial charge on any atom is 0.221 e. The van der Waals surface area contributed by atoms with Crippen molar-refractivity contribution in [3.05, 3.63) is 34.9 Å². The molecule has 0 aliphatic carbocycles. The van der Waals surface area contributed by atoms with Crippen LogP contribution in [0, 0.1) is 0 Å². The summed E-state index contributed by atoms with van der Waals surface area (Å²) in [6, 6.07) is 7.87. The lowest BCUT2D eigenvalue weighted by molar-refractivity contribution is -0.121. The van der Waals surface area contributed by atoms with E-state index < -0.39 is 0 Å². The molecule has 120 valence electrons. The normalized spacial score (nSPS) is 11.9. The first-order valence-corrected chi connectivity index (χ1v) is 7.47. The van der Waals surface area contributed by atoms with Gasteiger partial charge in [-0.25, -0.2) is 0 Å². The van der Waals surface area contributed by atoms with Crippen LogP contribution >= 0.6 is 24.0 Å². The number of benzene rings is 1. The first-order chi connectivity index (χ1) is 9.63. The molecule has 21 heavy (non-hydrogen) atoms. The number of carbonyl (C=O) groups excluding carboxylic acids is 1. The number of nitrogens with two attached hydrogens (primary N) is 1. The van der Waals surface area contributed by atoms with Gasteiger partial charge < -0.3 is 11.1 Å². The second-order valence-electron chi connectivity index (χ2n) is 4.60. The molecule has 0 aliphatic rings. The maximum atomic E-state index is 11.6. The van der Waals surface area contributed by atoms with Gasteiger partial charge in [0.15, 0.2) is 0 Å². The largest absolute Gasteiger partial charge is 0.354 e. The van der Waals surface area contributed by atoms with Crippen LogP contribution < -0.4 is 11.1 Å². The van der Waals surface area contributed by atoms with Crippen LogP contribution in [0.4, 0.5) is 0 Å². The van der Waals surface area contributed by atoms with Crippen LogP contribution in [0.3, 0.4) is 0 Å². The van der Waals surface area contributed by atoms with Crippen molar-refractivity contribution in [1.82, 2.24) is 10.2 Å². The summed E-state index contributed by atoms with van der Waals surface area (Å²) >= 11 is 6.29. The highest BCUT2D eigenvalue weighted by atomic mass is 35.5. The van der Waals surface area contributed by atoms with Crippen LogP contribution in [0.5, 0.6) is 0 Å². The van der Waals surface area contributed by atoms with E-state index in [1.165, 1.54) is 0 Å². The van der Waals surface area contributed by atoms with E-state index in [4.69, 9.17) is 17.3 Å². The van der Waals surface area contributed by atoms with Crippen LogP contribution in [-0.4, -0.2) is 37.0 Å². The van der Waals surface area contributed by atoms with Crippen molar-refractivity contribution in [2.24, 2.45) is 5.73 Å². The standard InChI is InChI=1S/C15H24ClN3O.ClH/c1-3-19(4-2)14(11-18-15(20)9-10-17)12-7-5-6-8-13(12)16;/h5-8,14H,3-4,9-11,17H2,1-2H3,(H,18,20);1H. The van der Waals surface area contributed by atoms with E-state index >= 15 is 0 Å². The Morgan fingerprint density at radius 1 is 1.33 bits per heavy atom. The Morgan fingerprint density at radius 3 is 2.48 bits per heavy atom. The summed E-state index contributed by atoms with van der Waals surface area (Å²) in [6.07, 6.45) is 0.355. The van der Waals surface area contributed by atoms with Crippen LogP contribution in [0.25, 0.3) is 0 Å². The molecule has 0 heterocycles. The molecule has 0 saturated heterocycles. The molecular formula is C15H25Cl2N3O. The fourth-order valence-electron chi connectivity index (χ4n) is 2.28. The highest BCUT2D eigenvalue weighted by Crippen LogP contribution is 2.26. The number of carbonyl (C=O) groups is 1. The van der Waals surface area contributed by atoms with Gasteiger partial charge in [-0.2, -0.15) is 0 Å². The Kier molecular flexibility index (Phi) is 10.4. The van der Waals surface area contributed by atoms with Gasteiger partial charge in [0.2, 0.25) is 5.91 Å². The highest BCUT2D eigenvalue weighted by Gasteiger charge is 2.20. The van der Waals surface area contributed by atoms with E-state index in [0.29, 0.717) is 19.5 Å². The lowest BCUT2D eigenvalue weighted by atomic mass is 10.0. The molecule has 1 amide bonds. The molecule has 0 fully saturated rings. The molecule has 3 N–H and O–H groups in total. The van der Waals surface area contributed by atoms with Crippen molar-refractivity contribution in [2.75, 3.05) is 26.2 Å². The van der Waals surface area contributed by atoms with E-state index in [2.05, 4.69) is 24.1 Å². The molecule has 1 aromatic carbocycles. The van der Waals surface area contributed by atoms with Crippen LogP contribution in [0.15, 0.2) is 24.3 Å². The SMILES string of the molecule is CCN(CC)C(CNC(=O)CCN)c1ccccc1Cl.Cl. The molecule has 0 aliphatic heterocycles. The zero-order valence-corrected chi connectivity index (χ0v) is 14.2. The van der Waals surface area contributed by atoms with Crippen molar-refractivity contribution in [2.45, 2.75) is 26.3 Å². The molecule has 0 saturated carbocycles. The number of nitrogens with zero attached hydrogens (tertiary/aromatic N) is 1. The third kappa shape index (κ3) is 6.22. The van der Waals surface area contributed by atoms with Crippen molar-refractivity contribution in [3.63, 3.8) is 0 Å². The topological polar surface area (TPSA) is 58.4 Å². The molecule has 1 rings (SSSR count). The summed E-state index contributed by atoms with van der Waals surface area (Å²) < 4.78 is 0. The fraction of sp³-hybridized carbons (Fsp3) is 0.533. The van der Waals surface area contributed by atoms with Gasteiger partial charge in [0, 0.05) is 24.5 Å². The predicted molar refractivity (Wildman–Crippen MR) is 91.0 cm³/mol. The highest BCUT2D eigenvalue weighted by molar-refractivity contribution is 6.31. The summed E-state index contributed by atoms with van der Waals surface area (Å²) in [5.74, 6) is -0.0169. The summed E-state index contributed by atoms with van der Waals surface area (Å²) in [4.78, 5) is 13.9. The molecular weight excluding hydrogens is 309 g/mol. The lowest BCUT2D eigenvalue weighted by Gasteiger charge is -2.30. The van der Waals surface area contributed by atoms with Gasteiger partial charge in [0.1, 0.15) is 0 Å². The van der Waals surface area contributed by atoms with Gasteiger partial charge in [-0.3, -0.25) is 9.69 Å². The van der Waals surface area contributed by atoms with Crippen LogP contribution in [0.2, 0.25) is 5.02 Å². The van der Waals surface area contributed by atoms with Gasteiger partial charge >= 0.3 is 0 Å². The Bertz CT molecular complexity index is 425. The van der Waals surface area contributed by atoms with E-state index in [0.717, 1.165) is 23.7 Å². The molecule has 0 aromatic heterocycles. The molecule has 1 aromatic rings. The molecule has 0 bridgehead atoms. The summed E-state index contributed by atoms with van der Waals surface area (Å²) in [7, 11) is 0. The molecule has 1 atom stereocenters. The van der Waals surface area contributed by atoms with Gasteiger partial charge in [-0.15, -0.1) is 12.4 Å². The summed E-state index contributed by atoms with van der Waals surface area (Å²) in [5.41, 5.74) is 6.44. The third-order valence-corrected chi connectivity index (χ3v) is 3.73. The number of nitrogens with one attached hydrogen (secondary N) is 1. The zero-order valence-electron chi connectivity index (χ0n) is 12.6. The second-order valence-corrected chi connectivity index (χ2v) is 5.01. The average Bonchev–Trinajstić information content (AvgIpc) is 2.45. The van der Waals surface area contributed by atoms with Gasteiger partial charge in [-0.1, -0.05) is 43.6 Å². The van der Waals surface area contributed by atoms with Crippen LogP contribution in [-0.2, 0) is 4.79 Å². The summed E-state index contributed by atoms with van der Waals surface area (Å²) in [5, 5.41) is 3.67. The van der Waals surface area contributed by atoms with Gasteiger partial charge in [-0.05, 0) is 24.7 Å². The average molecular weight is 334 g/mol. The lowest BCUT2D eigenvalue weighted by Crippen LogP contribution is -2.38. The van der Waals surface area contributed by atoms with Crippen molar-refractivity contribution in [1.29, 1.82) is 0 Å². The quantitative estimate of drug-likeness (QED) is 0.768. The third-order valence-electron chi connectivity index (χ3n) is 3.38. The first kappa shape index (κ1) is 20.2. The fourth-order valence-corrected chi connectivity index (χ4v) is 2.54. The predicted octanol–water partition coefficient (Wildman–Crippen LogP) is 2.61. The number of rotatable bonds is 8. The molecule has 0 radical (unpaired) electrons. The first-order valence-electron chi connectivity index (χ1n) is 7.09. The number of hydrogen-bond acceptors (Lipinski definition) is 3. The van der Waals surface area contributed by atoms with Gasteiger partial charge in [0.25, 0.3) is 0 Å². The number of hydrogen-bond donors (Lipinski definition) is 2. The minimum atomic E-state index is -0.0169. The Morgan fingerprint density at radius 2 is 1.95 bits per heavy atom.